The lowest BCUT2D eigenvalue weighted by Crippen LogP contribution is -2.29. The number of nitrogens with zero attached hydrogens (tertiary/aromatic N) is 1. The first-order valence-corrected chi connectivity index (χ1v) is 6.36. The number of methoxy groups -OCH3 is 1. The average molecular weight is 267 g/mol. The lowest BCUT2D eigenvalue weighted by atomic mass is 10.1. The molecule has 0 atom stereocenters. The molecule has 1 saturated carbocycles. The minimum Gasteiger partial charge on any atom is -0.478 e. The standard InChI is InChI=1S/C14H18FNO3/c1-19-7-6-16(11-3-4-11)9-10-2-5-12(14(17)18)13(15)8-10/h2,5,8,11H,3-4,6-7,9H2,1H3,(H,17,18). The predicted octanol–water partition coefficient (Wildman–Crippen LogP) is 2.13. The third kappa shape index (κ3) is 3.75. The number of carbonyl (C=O) groups is 1. The van der Waals surface area contributed by atoms with E-state index in [1.54, 1.807) is 13.2 Å². The Kier molecular flexibility index (Phi) is 4.50. The van der Waals surface area contributed by atoms with E-state index in [-0.39, 0.29) is 5.56 Å². The Hall–Kier alpha value is -1.46. The number of carboxylic acids is 1. The molecule has 0 radical (unpaired) electrons. The van der Waals surface area contributed by atoms with E-state index >= 15 is 0 Å². The molecule has 2 rings (SSSR count). The average Bonchev–Trinajstić information content (AvgIpc) is 3.18. The lowest BCUT2D eigenvalue weighted by Gasteiger charge is -2.21. The van der Waals surface area contributed by atoms with Crippen molar-refractivity contribution >= 4 is 5.97 Å². The molecule has 0 saturated heterocycles. The molecule has 0 aromatic heterocycles. The van der Waals surface area contributed by atoms with Gasteiger partial charge in [0.2, 0.25) is 0 Å². The summed E-state index contributed by atoms with van der Waals surface area (Å²) in [6.45, 7) is 2.08. The van der Waals surface area contributed by atoms with Gasteiger partial charge < -0.3 is 9.84 Å². The van der Waals surface area contributed by atoms with Gasteiger partial charge in [0.25, 0.3) is 0 Å². The van der Waals surface area contributed by atoms with Crippen LogP contribution in [0.1, 0.15) is 28.8 Å². The Morgan fingerprint density at radius 3 is 2.79 bits per heavy atom. The van der Waals surface area contributed by atoms with Crippen molar-refractivity contribution in [3.8, 4) is 0 Å². The van der Waals surface area contributed by atoms with E-state index in [0.29, 0.717) is 19.2 Å². The molecular formula is C14H18FNO3. The van der Waals surface area contributed by atoms with Crippen LogP contribution in [0.4, 0.5) is 4.39 Å². The molecule has 1 aliphatic rings. The van der Waals surface area contributed by atoms with Crippen molar-refractivity contribution in [1.29, 1.82) is 0 Å². The summed E-state index contributed by atoms with van der Waals surface area (Å²) in [6, 6.07) is 4.87. The summed E-state index contributed by atoms with van der Waals surface area (Å²) in [6.07, 6.45) is 2.33. The van der Waals surface area contributed by atoms with Crippen LogP contribution in [-0.2, 0) is 11.3 Å². The maximum Gasteiger partial charge on any atom is 0.338 e. The first-order valence-electron chi connectivity index (χ1n) is 6.36. The van der Waals surface area contributed by atoms with Crippen molar-refractivity contribution in [2.45, 2.75) is 25.4 Å². The summed E-state index contributed by atoms with van der Waals surface area (Å²) in [5, 5.41) is 8.79. The molecular weight excluding hydrogens is 249 g/mol. The number of ether oxygens (including phenoxy) is 1. The van der Waals surface area contributed by atoms with Gasteiger partial charge in [-0.25, -0.2) is 9.18 Å². The highest BCUT2D eigenvalue weighted by Gasteiger charge is 2.28. The van der Waals surface area contributed by atoms with Gasteiger partial charge in [-0.3, -0.25) is 4.90 Å². The minimum absolute atomic E-state index is 0.279. The van der Waals surface area contributed by atoms with Crippen LogP contribution >= 0.6 is 0 Å². The number of aromatic carboxylic acids is 1. The first-order chi connectivity index (χ1) is 9.11. The maximum atomic E-state index is 13.6. The molecule has 1 aromatic carbocycles. The van der Waals surface area contributed by atoms with Gasteiger partial charge in [0, 0.05) is 26.2 Å². The Bertz CT molecular complexity index is 460. The summed E-state index contributed by atoms with van der Waals surface area (Å²) >= 11 is 0. The van der Waals surface area contributed by atoms with Crippen molar-refractivity contribution in [3.63, 3.8) is 0 Å². The first kappa shape index (κ1) is 14.0. The minimum atomic E-state index is -1.23. The molecule has 0 aliphatic heterocycles. The summed E-state index contributed by atoms with van der Waals surface area (Å²) in [7, 11) is 1.66. The van der Waals surface area contributed by atoms with Gasteiger partial charge >= 0.3 is 5.97 Å². The normalized spacial score (nSPS) is 14.9. The summed E-state index contributed by atoms with van der Waals surface area (Å²) in [5.41, 5.74) is 0.518. The Labute approximate surface area is 111 Å². The van der Waals surface area contributed by atoms with Crippen LogP contribution in [0.15, 0.2) is 18.2 Å². The second-order valence-electron chi connectivity index (χ2n) is 4.81. The molecule has 0 heterocycles. The highest BCUT2D eigenvalue weighted by atomic mass is 19.1. The van der Waals surface area contributed by atoms with Crippen LogP contribution in [0.3, 0.4) is 0 Å². The quantitative estimate of drug-likeness (QED) is 0.822. The van der Waals surface area contributed by atoms with Crippen molar-refractivity contribution in [1.82, 2.24) is 4.90 Å². The molecule has 1 aromatic rings. The number of hydrogen-bond donors (Lipinski definition) is 1. The second kappa shape index (κ2) is 6.12. The Morgan fingerprint density at radius 1 is 1.53 bits per heavy atom. The molecule has 4 nitrogen and oxygen atoms in total. The molecule has 0 amide bonds. The molecule has 0 spiro atoms. The zero-order valence-corrected chi connectivity index (χ0v) is 10.9. The van der Waals surface area contributed by atoms with Crippen LogP contribution in [-0.4, -0.2) is 42.3 Å². The van der Waals surface area contributed by atoms with Crippen molar-refractivity contribution in [2.24, 2.45) is 0 Å². The highest BCUT2D eigenvalue weighted by Crippen LogP contribution is 2.28. The molecule has 5 heteroatoms. The maximum absolute atomic E-state index is 13.6. The topological polar surface area (TPSA) is 49.8 Å². The summed E-state index contributed by atoms with van der Waals surface area (Å²) in [4.78, 5) is 13.0. The van der Waals surface area contributed by atoms with Crippen LogP contribution in [0.5, 0.6) is 0 Å². The summed E-state index contributed by atoms with van der Waals surface area (Å²) in [5.74, 6) is -1.91. The Morgan fingerprint density at radius 2 is 2.26 bits per heavy atom. The van der Waals surface area contributed by atoms with Crippen LogP contribution < -0.4 is 0 Å². The van der Waals surface area contributed by atoms with Gasteiger partial charge in [-0.1, -0.05) is 6.07 Å². The van der Waals surface area contributed by atoms with E-state index in [1.807, 2.05) is 0 Å². The number of halogens is 1. The number of carboxylic acid groups (broad SMARTS) is 1. The van der Waals surface area contributed by atoms with Crippen molar-refractivity contribution in [3.05, 3.63) is 35.1 Å². The van der Waals surface area contributed by atoms with Crippen LogP contribution in [0.2, 0.25) is 0 Å². The van der Waals surface area contributed by atoms with Gasteiger partial charge in [0.15, 0.2) is 0 Å². The smallest absolute Gasteiger partial charge is 0.338 e. The number of hydrogen-bond acceptors (Lipinski definition) is 3. The van der Waals surface area contributed by atoms with Crippen LogP contribution in [0, 0.1) is 5.82 Å². The number of rotatable bonds is 7. The van der Waals surface area contributed by atoms with Crippen molar-refractivity contribution in [2.75, 3.05) is 20.3 Å². The molecule has 104 valence electrons. The van der Waals surface area contributed by atoms with Gasteiger partial charge in [0.05, 0.1) is 12.2 Å². The van der Waals surface area contributed by atoms with Crippen molar-refractivity contribution < 1.29 is 19.0 Å². The third-order valence-electron chi connectivity index (χ3n) is 3.30. The fourth-order valence-corrected chi connectivity index (χ4v) is 2.10. The SMILES string of the molecule is COCCN(Cc1ccc(C(=O)O)c(F)c1)C1CC1. The largest absolute Gasteiger partial charge is 0.478 e. The zero-order valence-electron chi connectivity index (χ0n) is 10.9. The Balaban J connectivity index is 2.04. The van der Waals surface area contributed by atoms with Gasteiger partial charge in [-0.05, 0) is 30.5 Å². The van der Waals surface area contributed by atoms with Gasteiger partial charge in [-0.15, -0.1) is 0 Å². The van der Waals surface area contributed by atoms with Crippen LogP contribution in [0.25, 0.3) is 0 Å². The number of benzene rings is 1. The second-order valence-corrected chi connectivity index (χ2v) is 4.81. The fraction of sp³-hybridized carbons (Fsp3) is 0.500. The highest BCUT2D eigenvalue weighted by molar-refractivity contribution is 5.87. The van der Waals surface area contributed by atoms with Gasteiger partial charge in [-0.2, -0.15) is 0 Å². The third-order valence-corrected chi connectivity index (χ3v) is 3.30. The van der Waals surface area contributed by atoms with E-state index in [4.69, 9.17) is 9.84 Å². The molecule has 0 bridgehead atoms. The van der Waals surface area contributed by atoms with E-state index in [0.717, 1.165) is 12.1 Å². The monoisotopic (exact) mass is 267 g/mol. The van der Waals surface area contributed by atoms with Gasteiger partial charge in [0.1, 0.15) is 5.82 Å². The molecule has 1 N–H and O–H groups in total. The zero-order chi connectivity index (χ0) is 13.8. The van der Waals surface area contributed by atoms with E-state index in [1.165, 1.54) is 25.0 Å². The molecule has 19 heavy (non-hydrogen) atoms. The summed E-state index contributed by atoms with van der Waals surface area (Å²) < 4.78 is 18.7. The lowest BCUT2D eigenvalue weighted by molar-refractivity contribution is 0.0692. The van der Waals surface area contributed by atoms with E-state index in [9.17, 15) is 9.18 Å². The van der Waals surface area contributed by atoms with E-state index < -0.39 is 11.8 Å². The molecule has 0 unspecified atom stereocenters. The molecule has 1 aliphatic carbocycles. The fourth-order valence-electron chi connectivity index (χ4n) is 2.10. The molecule has 1 fully saturated rings. The predicted molar refractivity (Wildman–Crippen MR) is 68.7 cm³/mol. The van der Waals surface area contributed by atoms with E-state index in [2.05, 4.69) is 4.90 Å².